The van der Waals surface area contributed by atoms with Crippen LogP contribution in [0.5, 0.6) is 0 Å². The summed E-state index contributed by atoms with van der Waals surface area (Å²) in [7, 11) is 0. The van der Waals surface area contributed by atoms with Gasteiger partial charge in [0.2, 0.25) is 0 Å². The fourth-order valence-corrected chi connectivity index (χ4v) is 3.44. The first-order valence-corrected chi connectivity index (χ1v) is 8.80. The predicted molar refractivity (Wildman–Crippen MR) is 102 cm³/mol. The van der Waals surface area contributed by atoms with E-state index in [2.05, 4.69) is 0 Å². The van der Waals surface area contributed by atoms with Gasteiger partial charge in [-0.2, -0.15) is 0 Å². The number of anilines is 1. The molecular weight excluding hydrogens is 354 g/mol. The second-order valence-corrected chi connectivity index (χ2v) is 6.85. The van der Waals surface area contributed by atoms with E-state index in [1.807, 2.05) is 36.9 Å². The molecule has 0 bridgehead atoms. The Balaban J connectivity index is 1.75. The molecule has 0 aromatic heterocycles. The van der Waals surface area contributed by atoms with Crippen LogP contribution in [0.2, 0.25) is 5.02 Å². The summed E-state index contributed by atoms with van der Waals surface area (Å²) >= 11 is 6.21. The molecule has 1 fully saturated rings. The van der Waals surface area contributed by atoms with Crippen LogP contribution in [0.15, 0.2) is 36.4 Å². The van der Waals surface area contributed by atoms with Gasteiger partial charge in [-0.25, -0.2) is 0 Å². The molecule has 0 unspecified atom stereocenters. The van der Waals surface area contributed by atoms with Gasteiger partial charge in [-0.05, 0) is 43.2 Å². The molecule has 0 radical (unpaired) electrons. The number of hydrogen-bond donors (Lipinski definition) is 0. The van der Waals surface area contributed by atoms with E-state index in [-0.39, 0.29) is 11.6 Å². The predicted octanol–water partition coefficient (Wildman–Crippen LogP) is 3.83. The summed E-state index contributed by atoms with van der Waals surface area (Å²) in [6, 6.07) is 10.4. The Bertz CT molecular complexity index is 861. The maximum absolute atomic E-state index is 12.7. The van der Waals surface area contributed by atoms with Crippen molar-refractivity contribution in [2.45, 2.75) is 13.8 Å². The molecule has 2 aromatic carbocycles. The number of amides is 1. The number of benzene rings is 2. The molecule has 0 aliphatic carbocycles. The number of rotatable bonds is 3. The molecule has 7 heteroatoms. The van der Waals surface area contributed by atoms with Gasteiger partial charge in [0.25, 0.3) is 11.6 Å². The van der Waals surface area contributed by atoms with E-state index in [1.165, 1.54) is 6.07 Å². The Labute approximate surface area is 157 Å². The SMILES string of the molecule is Cc1ccc(C(=O)N2CCN(c3c(Cl)cccc3[N+](=O)[O-])CC2)cc1C. The molecule has 1 aliphatic rings. The largest absolute Gasteiger partial charge is 0.361 e. The standard InChI is InChI=1S/C19H20ClN3O3/c1-13-6-7-15(12-14(13)2)19(24)22-10-8-21(9-11-22)18-16(20)4-3-5-17(18)23(25)26/h3-7,12H,8-11H2,1-2H3. The minimum absolute atomic E-state index is 0.00793. The monoisotopic (exact) mass is 373 g/mol. The van der Waals surface area contributed by atoms with Crippen molar-refractivity contribution in [3.63, 3.8) is 0 Å². The van der Waals surface area contributed by atoms with Gasteiger partial charge in [0.05, 0.1) is 9.95 Å². The summed E-state index contributed by atoms with van der Waals surface area (Å²) in [5.74, 6) is -0.0126. The third kappa shape index (κ3) is 3.51. The molecular formula is C19H20ClN3O3. The molecule has 2 aromatic rings. The van der Waals surface area contributed by atoms with Crippen molar-refractivity contribution < 1.29 is 9.72 Å². The fraction of sp³-hybridized carbons (Fsp3) is 0.316. The van der Waals surface area contributed by atoms with E-state index in [0.29, 0.717) is 42.5 Å². The smallest absolute Gasteiger partial charge is 0.294 e. The van der Waals surface area contributed by atoms with Crippen LogP contribution >= 0.6 is 11.6 Å². The highest BCUT2D eigenvalue weighted by Gasteiger charge is 2.28. The van der Waals surface area contributed by atoms with Crippen molar-refractivity contribution >= 4 is 28.9 Å². The van der Waals surface area contributed by atoms with E-state index in [9.17, 15) is 14.9 Å². The normalized spacial score (nSPS) is 14.4. The van der Waals surface area contributed by atoms with Gasteiger partial charge >= 0.3 is 0 Å². The van der Waals surface area contributed by atoms with E-state index < -0.39 is 4.92 Å². The quantitative estimate of drug-likeness (QED) is 0.605. The lowest BCUT2D eigenvalue weighted by Crippen LogP contribution is -2.49. The molecule has 1 amide bonds. The fourth-order valence-electron chi connectivity index (χ4n) is 3.15. The van der Waals surface area contributed by atoms with E-state index in [0.717, 1.165) is 11.1 Å². The van der Waals surface area contributed by atoms with Crippen LogP contribution in [0.1, 0.15) is 21.5 Å². The summed E-state index contributed by atoms with van der Waals surface area (Å²) in [6.07, 6.45) is 0. The highest BCUT2D eigenvalue weighted by atomic mass is 35.5. The van der Waals surface area contributed by atoms with Gasteiger partial charge in [-0.1, -0.05) is 23.7 Å². The van der Waals surface area contributed by atoms with Crippen LogP contribution in [0.4, 0.5) is 11.4 Å². The highest BCUT2D eigenvalue weighted by molar-refractivity contribution is 6.33. The van der Waals surface area contributed by atoms with Crippen molar-refractivity contribution in [3.05, 3.63) is 68.2 Å². The van der Waals surface area contributed by atoms with Gasteiger partial charge in [-0.15, -0.1) is 0 Å². The molecule has 0 atom stereocenters. The van der Waals surface area contributed by atoms with E-state index in [4.69, 9.17) is 11.6 Å². The maximum Gasteiger partial charge on any atom is 0.294 e. The van der Waals surface area contributed by atoms with Crippen molar-refractivity contribution in [1.29, 1.82) is 0 Å². The maximum atomic E-state index is 12.7. The Morgan fingerprint density at radius 3 is 2.38 bits per heavy atom. The van der Waals surface area contributed by atoms with Gasteiger partial charge in [0, 0.05) is 37.8 Å². The molecule has 0 N–H and O–H groups in total. The minimum atomic E-state index is -0.423. The van der Waals surface area contributed by atoms with Crippen LogP contribution in [0.3, 0.4) is 0 Å². The molecule has 1 aliphatic heterocycles. The average molecular weight is 374 g/mol. The number of carbonyl (C=O) groups excluding carboxylic acids is 1. The zero-order chi connectivity index (χ0) is 18.8. The van der Waals surface area contributed by atoms with Crippen LogP contribution < -0.4 is 4.90 Å². The topological polar surface area (TPSA) is 66.7 Å². The first-order valence-electron chi connectivity index (χ1n) is 8.43. The average Bonchev–Trinajstić information content (AvgIpc) is 2.63. The zero-order valence-corrected chi connectivity index (χ0v) is 15.5. The second-order valence-electron chi connectivity index (χ2n) is 6.44. The van der Waals surface area contributed by atoms with Crippen molar-refractivity contribution in [2.24, 2.45) is 0 Å². The second kappa shape index (κ2) is 7.33. The minimum Gasteiger partial charge on any atom is -0.361 e. The summed E-state index contributed by atoms with van der Waals surface area (Å²) < 4.78 is 0. The molecule has 3 rings (SSSR count). The van der Waals surface area contributed by atoms with Gasteiger partial charge in [0.1, 0.15) is 5.69 Å². The molecule has 26 heavy (non-hydrogen) atoms. The molecule has 6 nitrogen and oxygen atoms in total. The Kier molecular flexibility index (Phi) is 5.13. The van der Waals surface area contributed by atoms with Crippen molar-refractivity contribution in [1.82, 2.24) is 4.90 Å². The van der Waals surface area contributed by atoms with Crippen molar-refractivity contribution in [3.8, 4) is 0 Å². The molecule has 1 heterocycles. The molecule has 0 spiro atoms. The number of piperazine rings is 1. The van der Waals surface area contributed by atoms with Crippen LogP contribution in [0.25, 0.3) is 0 Å². The lowest BCUT2D eigenvalue weighted by molar-refractivity contribution is -0.384. The molecule has 136 valence electrons. The zero-order valence-electron chi connectivity index (χ0n) is 14.7. The Hall–Kier alpha value is -2.60. The number of carbonyl (C=O) groups is 1. The third-order valence-corrected chi connectivity index (χ3v) is 5.10. The van der Waals surface area contributed by atoms with E-state index in [1.54, 1.807) is 17.0 Å². The summed E-state index contributed by atoms with van der Waals surface area (Å²) in [5, 5.41) is 11.6. The lowest BCUT2D eigenvalue weighted by Gasteiger charge is -2.36. The van der Waals surface area contributed by atoms with Crippen molar-refractivity contribution in [2.75, 3.05) is 31.1 Å². The number of nitrogens with zero attached hydrogens (tertiary/aromatic N) is 3. The number of aryl methyl sites for hydroxylation is 2. The molecule has 1 saturated heterocycles. The number of hydrogen-bond acceptors (Lipinski definition) is 4. The highest BCUT2D eigenvalue weighted by Crippen LogP contribution is 2.35. The molecule has 0 saturated carbocycles. The van der Waals surface area contributed by atoms with Gasteiger partial charge < -0.3 is 9.80 Å². The van der Waals surface area contributed by atoms with Crippen LogP contribution in [0, 0.1) is 24.0 Å². The summed E-state index contributed by atoms with van der Waals surface area (Å²) in [5.41, 5.74) is 3.33. The first kappa shape index (κ1) is 18.2. The van der Waals surface area contributed by atoms with Gasteiger partial charge in [0.15, 0.2) is 0 Å². The number of nitro groups is 1. The Morgan fingerprint density at radius 1 is 1.08 bits per heavy atom. The number of nitro benzene ring substituents is 1. The third-order valence-electron chi connectivity index (χ3n) is 4.80. The number of halogens is 1. The van der Waals surface area contributed by atoms with Crippen LogP contribution in [-0.2, 0) is 0 Å². The van der Waals surface area contributed by atoms with E-state index >= 15 is 0 Å². The first-order chi connectivity index (χ1) is 12.4. The lowest BCUT2D eigenvalue weighted by atomic mass is 10.1. The summed E-state index contributed by atoms with van der Waals surface area (Å²) in [4.78, 5) is 27.2. The van der Waals surface area contributed by atoms with Gasteiger partial charge in [-0.3, -0.25) is 14.9 Å². The Morgan fingerprint density at radius 2 is 1.77 bits per heavy atom. The van der Waals surface area contributed by atoms with Crippen LogP contribution in [-0.4, -0.2) is 41.9 Å². The summed E-state index contributed by atoms with van der Waals surface area (Å²) in [6.45, 7) is 5.99. The number of para-hydroxylation sites is 1.